The van der Waals surface area contributed by atoms with E-state index in [1.165, 1.54) is 80.9 Å². The molecule has 0 heterocycles. The Bertz CT molecular complexity index is 1410. The van der Waals surface area contributed by atoms with Crippen molar-refractivity contribution in [1.82, 2.24) is 0 Å². The highest BCUT2D eigenvalue weighted by molar-refractivity contribution is 8.14. The normalized spacial score (nSPS) is 10.8. The number of nitrogens with one attached hydrogen (secondary N) is 2. The lowest BCUT2D eigenvalue weighted by molar-refractivity contribution is 0.108. The molecule has 44 heavy (non-hydrogen) atoms. The van der Waals surface area contributed by atoms with Crippen molar-refractivity contribution in [2.24, 2.45) is 0 Å². The molecule has 0 fully saturated rings. The van der Waals surface area contributed by atoms with Crippen LogP contribution in [0.4, 0.5) is 16.2 Å². The maximum atomic E-state index is 12.8. The molecule has 2 amide bonds. The van der Waals surface area contributed by atoms with Crippen LogP contribution in [0, 0.1) is 0 Å². The number of unbranched alkanes of at least 4 members (excludes halogenated alkanes) is 9. The van der Waals surface area contributed by atoms with Crippen LogP contribution in [0.25, 0.3) is 11.1 Å². The molecule has 0 radical (unpaired) electrons. The number of urea groups is 1. The first-order chi connectivity index (χ1) is 21.6. The molecule has 0 aliphatic heterocycles. The molecular formula is C38H44N2O2S2. The summed E-state index contributed by atoms with van der Waals surface area (Å²) >= 11 is 3.07. The van der Waals surface area contributed by atoms with E-state index < -0.39 is 0 Å². The third-order valence-corrected chi connectivity index (χ3v) is 9.46. The second-order valence-electron chi connectivity index (χ2n) is 11.0. The molecule has 4 nitrogen and oxygen atoms in total. The molecule has 0 atom stereocenters. The molecule has 4 aromatic carbocycles. The number of thioether (sulfide) groups is 2. The van der Waals surface area contributed by atoms with Gasteiger partial charge in [0.25, 0.3) is 0 Å². The number of amides is 2. The van der Waals surface area contributed by atoms with Crippen molar-refractivity contribution in [3.63, 3.8) is 0 Å². The van der Waals surface area contributed by atoms with Crippen molar-refractivity contribution < 1.29 is 9.59 Å². The van der Waals surface area contributed by atoms with Gasteiger partial charge in [-0.25, -0.2) is 4.79 Å². The number of carbonyl (C=O) groups excluding carboxylic acids is 2. The summed E-state index contributed by atoms with van der Waals surface area (Å²) in [6, 6.07) is 32.8. The van der Waals surface area contributed by atoms with E-state index in [0.717, 1.165) is 21.8 Å². The van der Waals surface area contributed by atoms with E-state index in [9.17, 15) is 9.59 Å². The van der Waals surface area contributed by atoms with Gasteiger partial charge in [-0.2, -0.15) is 0 Å². The predicted molar refractivity (Wildman–Crippen MR) is 190 cm³/mol. The van der Waals surface area contributed by atoms with Crippen molar-refractivity contribution in [2.75, 3.05) is 16.4 Å². The van der Waals surface area contributed by atoms with Crippen LogP contribution in [0.5, 0.6) is 0 Å². The Morgan fingerprint density at radius 1 is 0.545 bits per heavy atom. The van der Waals surface area contributed by atoms with Gasteiger partial charge in [-0.1, -0.05) is 107 Å². The summed E-state index contributed by atoms with van der Waals surface area (Å²) in [7, 11) is 0. The largest absolute Gasteiger partial charge is 0.323 e. The average molecular weight is 625 g/mol. The minimum Gasteiger partial charge on any atom is -0.308 e. The number of anilines is 2. The van der Waals surface area contributed by atoms with Crippen LogP contribution in [0.1, 0.15) is 81.5 Å². The number of carbonyl (C=O) groups is 2. The highest BCUT2D eigenvalue weighted by Gasteiger charge is 2.10. The molecule has 0 saturated carbocycles. The summed E-state index contributed by atoms with van der Waals surface area (Å²) < 4.78 is 0. The van der Waals surface area contributed by atoms with E-state index in [-0.39, 0.29) is 11.1 Å². The predicted octanol–water partition coefficient (Wildman–Crippen LogP) is 11.9. The lowest BCUT2D eigenvalue weighted by Gasteiger charge is -2.09. The van der Waals surface area contributed by atoms with Crippen LogP contribution in [0.2, 0.25) is 0 Å². The van der Waals surface area contributed by atoms with Crippen LogP contribution < -0.4 is 10.6 Å². The van der Waals surface area contributed by atoms with Crippen LogP contribution in [0.3, 0.4) is 0 Å². The zero-order valence-corrected chi connectivity index (χ0v) is 27.4. The fourth-order valence-electron chi connectivity index (χ4n) is 4.91. The molecule has 0 bridgehead atoms. The van der Waals surface area contributed by atoms with Gasteiger partial charge in [-0.3, -0.25) is 4.79 Å². The quantitative estimate of drug-likeness (QED) is 0.0906. The van der Waals surface area contributed by atoms with Gasteiger partial charge >= 0.3 is 6.03 Å². The Morgan fingerprint density at radius 2 is 1.05 bits per heavy atom. The van der Waals surface area contributed by atoms with Gasteiger partial charge < -0.3 is 10.6 Å². The van der Waals surface area contributed by atoms with E-state index in [0.29, 0.717) is 16.9 Å². The molecular weight excluding hydrogens is 581 g/mol. The van der Waals surface area contributed by atoms with Gasteiger partial charge in [0, 0.05) is 26.7 Å². The summed E-state index contributed by atoms with van der Waals surface area (Å²) in [6.07, 6.45) is 13.5. The van der Waals surface area contributed by atoms with Gasteiger partial charge in [0.15, 0.2) is 0 Å². The molecule has 0 aliphatic rings. The molecule has 0 spiro atoms. The molecule has 0 unspecified atom stereocenters. The fourth-order valence-corrected chi connectivity index (χ4v) is 6.56. The summed E-state index contributed by atoms with van der Waals surface area (Å²) in [5.74, 6) is 1.12. The zero-order valence-electron chi connectivity index (χ0n) is 25.7. The maximum absolute atomic E-state index is 12.8. The molecule has 4 aromatic rings. The maximum Gasteiger partial charge on any atom is 0.323 e. The second-order valence-corrected chi connectivity index (χ2v) is 13.2. The number of rotatable bonds is 17. The summed E-state index contributed by atoms with van der Waals surface area (Å²) in [4.78, 5) is 27.4. The molecule has 2 N–H and O–H groups in total. The van der Waals surface area contributed by atoms with Gasteiger partial charge in [-0.05, 0) is 95.7 Å². The lowest BCUT2D eigenvalue weighted by Crippen LogP contribution is -2.19. The fraction of sp³-hybridized carbons (Fsp3) is 0.316. The monoisotopic (exact) mass is 624 g/mol. The van der Waals surface area contributed by atoms with E-state index in [4.69, 9.17) is 0 Å². The van der Waals surface area contributed by atoms with Crippen molar-refractivity contribution in [1.29, 1.82) is 0 Å². The van der Waals surface area contributed by atoms with E-state index in [1.54, 1.807) is 12.1 Å². The number of benzene rings is 4. The molecule has 0 saturated heterocycles. The van der Waals surface area contributed by atoms with Crippen molar-refractivity contribution >= 4 is 46.0 Å². The van der Waals surface area contributed by atoms with E-state index in [1.807, 2.05) is 78.5 Å². The molecule has 0 aromatic heterocycles. The van der Waals surface area contributed by atoms with Crippen LogP contribution in [0.15, 0.2) is 113 Å². The molecule has 0 aliphatic carbocycles. The Labute approximate surface area is 271 Å². The number of hydrogen-bond donors (Lipinski definition) is 2. The zero-order chi connectivity index (χ0) is 30.8. The Morgan fingerprint density at radius 3 is 1.64 bits per heavy atom. The number of hydrogen-bond acceptors (Lipinski definition) is 4. The van der Waals surface area contributed by atoms with Crippen LogP contribution in [-0.2, 0) is 0 Å². The second kappa shape index (κ2) is 19.0. The highest BCUT2D eigenvalue weighted by atomic mass is 32.2. The minimum atomic E-state index is -0.319. The summed E-state index contributed by atoms with van der Waals surface area (Å²) in [5, 5.41) is 5.72. The van der Waals surface area contributed by atoms with Gasteiger partial charge in [0.2, 0.25) is 5.12 Å². The van der Waals surface area contributed by atoms with Crippen molar-refractivity contribution in [2.45, 2.75) is 80.9 Å². The van der Waals surface area contributed by atoms with Crippen molar-refractivity contribution in [3.05, 3.63) is 109 Å². The SMILES string of the molecule is CCCCCCCCCCCCSc1ccc(C(=O)Sc2ccc(NC(=O)Nc3ccc(-c4ccccc4)cc3)cc2)cc1. The summed E-state index contributed by atoms with van der Waals surface area (Å²) in [5.41, 5.74) is 4.28. The Balaban J connectivity index is 1.12. The van der Waals surface area contributed by atoms with E-state index in [2.05, 4.69) is 41.8 Å². The molecule has 6 heteroatoms. The van der Waals surface area contributed by atoms with Gasteiger partial charge in [0.1, 0.15) is 0 Å². The van der Waals surface area contributed by atoms with E-state index >= 15 is 0 Å². The molecule has 230 valence electrons. The highest BCUT2D eigenvalue weighted by Crippen LogP contribution is 2.27. The van der Waals surface area contributed by atoms with Crippen LogP contribution >= 0.6 is 23.5 Å². The molecule has 4 rings (SSSR count). The Hall–Kier alpha value is -3.48. The topological polar surface area (TPSA) is 58.2 Å². The third-order valence-electron chi connectivity index (χ3n) is 7.43. The first-order valence-electron chi connectivity index (χ1n) is 15.9. The lowest BCUT2D eigenvalue weighted by atomic mass is 10.1. The van der Waals surface area contributed by atoms with Gasteiger partial charge in [0.05, 0.1) is 0 Å². The third kappa shape index (κ3) is 11.9. The first-order valence-corrected chi connectivity index (χ1v) is 17.7. The average Bonchev–Trinajstić information content (AvgIpc) is 3.05. The summed E-state index contributed by atoms with van der Waals surface area (Å²) in [6.45, 7) is 2.27. The standard InChI is InChI=1S/C38H44N2O2S2/c1-2-3-4-5-6-7-8-9-10-14-29-43-35-25-19-32(20-26-35)37(41)44-36-27-23-34(24-28-36)40-38(42)39-33-21-17-31(18-22-33)30-15-12-11-13-16-30/h11-13,15-28H,2-10,14,29H2,1H3,(H2,39,40,42). The minimum absolute atomic E-state index is 0.00801. The van der Waals surface area contributed by atoms with Gasteiger partial charge in [-0.15, -0.1) is 11.8 Å². The van der Waals surface area contributed by atoms with Crippen LogP contribution in [-0.4, -0.2) is 16.9 Å². The Kier molecular flexibility index (Phi) is 14.4. The van der Waals surface area contributed by atoms with Crippen molar-refractivity contribution in [3.8, 4) is 11.1 Å². The smallest absolute Gasteiger partial charge is 0.308 e. The first kappa shape index (κ1) is 33.4.